The number of alkyl halides is 3. The van der Waals surface area contributed by atoms with E-state index in [2.05, 4.69) is 10.4 Å². The minimum absolute atomic E-state index is 0.189. The predicted molar refractivity (Wildman–Crippen MR) is 120 cm³/mol. The third kappa shape index (κ3) is 6.79. The van der Waals surface area contributed by atoms with Crippen LogP contribution < -0.4 is 21.5 Å². The van der Waals surface area contributed by atoms with E-state index in [1.54, 1.807) is 30.3 Å². The summed E-state index contributed by atoms with van der Waals surface area (Å²) in [6, 6.07) is 10.7. The number of carboxylic acids is 1. The highest BCUT2D eigenvalue weighted by atomic mass is 32.1. The van der Waals surface area contributed by atoms with Gasteiger partial charge in [0.2, 0.25) is 6.10 Å². The van der Waals surface area contributed by atoms with Gasteiger partial charge in [-0.05, 0) is 24.3 Å². The van der Waals surface area contributed by atoms with Crippen LogP contribution in [0.2, 0.25) is 0 Å². The average molecular weight is 547 g/mol. The molecule has 37 heavy (non-hydrogen) atoms. The maximum Gasteiger partial charge on any atom is 0.490 e. The Morgan fingerprint density at radius 2 is 1.86 bits per heavy atom. The summed E-state index contributed by atoms with van der Waals surface area (Å²) in [5, 5.41) is 13.8. The number of ether oxygens (including phenoxy) is 1. The van der Waals surface area contributed by atoms with Crippen molar-refractivity contribution in [3.8, 4) is 5.75 Å². The SMILES string of the molecule is NCC(Cn1ncn(Cc2ccc(C3Oc4ccccc4NC3=O)s2)c1=O)=C(F)F.O=C(O)C(F)(F)F. The smallest absolute Gasteiger partial charge is 0.475 e. The first kappa shape index (κ1) is 27.5. The van der Waals surface area contributed by atoms with Gasteiger partial charge < -0.3 is 20.9 Å². The van der Waals surface area contributed by atoms with E-state index in [-0.39, 0.29) is 31.1 Å². The van der Waals surface area contributed by atoms with E-state index >= 15 is 0 Å². The normalized spacial score (nSPS) is 14.5. The Labute approximate surface area is 208 Å². The van der Waals surface area contributed by atoms with E-state index in [9.17, 15) is 31.5 Å². The number of rotatable bonds is 6. The monoisotopic (exact) mass is 547 g/mol. The van der Waals surface area contributed by atoms with Gasteiger partial charge in [0.25, 0.3) is 12.0 Å². The number of nitrogens with two attached hydrogens (primary N) is 1. The van der Waals surface area contributed by atoms with Gasteiger partial charge in [-0.3, -0.25) is 9.36 Å². The van der Waals surface area contributed by atoms with Crippen LogP contribution in [0.3, 0.4) is 0 Å². The Morgan fingerprint density at radius 3 is 2.49 bits per heavy atom. The zero-order valence-corrected chi connectivity index (χ0v) is 19.4. The number of halogens is 5. The first-order valence-corrected chi connectivity index (χ1v) is 11.0. The fraction of sp³-hybridized carbons (Fsp3) is 0.238. The Morgan fingerprint density at radius 1 is 1.19 bits per heavy atom. The van der Waals surface area contributed by atoms with Gasteiger partial charge in [-0.25, -0.2) is 14.3 Å². The van der Waals surface area contributed by atoms with E-state index in [1.165, 1.54) is 22.2 Å². The summed E-state index contributed by atoms with van der Waals surface area (Å²) in [7, 11) is 0. The minimum Gasteiger partial charge on any atom is -0.475 e. The van der Waals surface area contributed by atoms with E-state index in [0.29, 0.717) is 16.3 Å². The number of carboxylic acid groups (broad SMARTS) is 1. The molecule has 0 saturated heterocycles. The molecule has 0 fully saturated rings. The summed E-state index contributed by atoms with van der Waals surface area (Å²) in [5.41, 5.74) is 5.03. The van der Waals surface area contributed by atoms with Gasteiger partial charge in [0.15, 0.2) is 0 Å². The molecule has 0 radical (unpaired) electrons. The molecule has 1 aliphatic rings. The second kappa shape index (κ2) is 11.3. The molecule has 1 unspecified atom stereocenters. The van der Waals surface area contributed by atoms with E-state index in [4.69, 9.17) is 20.4 Å². The number of anilines is 1. The number of carbonyl (C=O) groups excluding carboxylic acids is 1. The van der Waals surface area contributed by atoms with Crippen molar-refractivity contribution in [1.82, 2.24) is 14.3 Å². The Bertz CT molecular complexity index is 1380. The molecule has 0 spiro atoms. The van der Waals surface area contributed by atoms with Crippen LogP contribution in [0.1, 0.15) is 15.9 Å². The number of carbonyl (C=O) groups is 2. The van der Waals surface area contributed by atoms with Crippen molar-refractivity contribution in [1.29, 1.82) is 0 Å². The second-order valence-corrected chi connectivity index (χ2v) is 8.56. The molecule has 0 bridgehead atoms. The lowest BCUT2D eigenvalue weighted by Crippen LogP contribution is -2.29. The Kier molecular flexibility index (Phi) is 8.44. The summed E-state index contributed by atoms with van der Waals surface area (Å²) in [6.07, 6.45) is -6.50. The highest BCUT2D eigenvalue weighted by molar-refractivity contribution is 7.12. The molecular formula is C21H18F5N5O5S. The fourth-order valence-electron chi connectivity index (χ4n) is 3.00. The van der Waals surface area contributed by atoms with Crippen molar-refractivity contribution in [3.05, 3.63) is 74.6 Å². The summed E-state index contributed by atoms with van der Waals surface area (Å²) in [4.78, 5) is 35.2. The molecule has 2 aromatic heterocycles. The summed E-state index contributed by atoms with van der Waals surface area (Å²) in [6.45, 7) is -0.535. The number of aliphatic carboxylic acids is 1. The Balaban J connectivity index is 0.000000479. The molecule has 1 aliphatic heterocycles. The van der Waals surface area contributed by atoms with Crippen molar-refractivity contribution in [2.45, 2.75) is 25.4 Å². The van der Waals surface area contributed by atoms with Crippen LogP contribution in [0.5, 0.6) is 5.75 Å². The van der Waals surface area contributed by atoms with Gasteiger partial charge >= 0.3 is 17.8 Å². The first-order valence-electron chi connectivity index (χ1n) is 10.2. The largest absolute Gasteiger partial charge is 0.490 e. The molecule has 0 aliphatic carbocycles. The van der Waals surface area contributed by atoms with Crippen molar-refractivity contribution >= 4 is 28.9 Å². The quantitative estimate of drug-likeness (QED) is 0.403. The zero-order chi connectivity index (χ0) is 27.3. The minimum atomic E-state index is -5.08. The number of hydrogen-bond acceptors (Lipinski definition) is 7. The Hall–Kier alpha value is -4.05. The third-order valence-electron chi connectivity index (χ3n) is 4.79. The van der Waals surface area contributed by atoms with Crippen molar-refractivity contribution in [2.24, 2.45) is 5.73 Å². The lowest BCUT2D eigenvalue weighted by atomic mass is 10.2. The van der Waals surface area contributed by atoms with Gasteiger partial charge in [-0.1, -0.05) is 12.1 Å². The van der Waals surface area contributed by atoms with Crippen LogP contribution in [-0.4, -0.2) is 44.1 Å². The molecule has 1 aromatic carbocycles. The summed E-state index contributed by atoms with van der Waals surface area (Å²) < 4.78 is 65.4. The number of thiophene rings is 1. The van der Waals surface area contributed by atoms with Gasteiger partial charge in [-0.2, -0.15) is 27.1 Å². The molecule has 3 heterocycles. The lowest BCUT2D eigenvalue weighted by Gasteiger charge is -2.24. The van der Waals surface area contributed by atoms with Crippen molar-refractivity contribution in [3.63, 3.8) is 0 Å². The number of aromatic nitrogens is 3. The summed E-state index contributed by atoms with van der Waals surface area (Å²) in [5.74, 6) is -2.45. The fourth-order valence-corrected chi connectivity index (χ4v) is 4.04. The van der Waals surface area contributed by atoms with Crippen LogP contribution >= 0.6 is 11.3 Å². The number of nitrogens with one attached hydrogen (secondary N) is 1. The summed E-state index contributed by atoms with van der Waals surface area (Å²) >= 11 is 1.32. The molecule has 16 heteroatoms. The number of nitrogens with zero attached hydrogens (tertiary/aromatic N) is 3. The first-order chi connectivity index (χ1) is 17.4. The highest BCUT2D eigenvalue weighted by Crippen LogP contribution is 2.36. The zero-order valence-electron chi connectivity index (χ0n) is 18.5. The maximum absolute atomic E-state index is 12.8. The molecule has 1 atom stereocenters. The molecule has 10 nitrogen and oxygen atoms in total. The molecule has 0 saturated carbocycles. The van der Waals surface area contributed by atoms with Crippen LogP contribution in [0, 0.1) is 0 Å². The standard InChI is InChI=1S/C19H17F2N5O3S.C2HF3O2/c20-17(21)11(7-22)8-26-19(28)25(10-23-26)9-12-5-6-15(30-12)16-18(27)24-13-3-1-2-4-14(13)29-16;3-2(4,5)1(6)7/h1-6,10,16H,7-9,22H2,(H,24,27);(H,6,7). The van der Waals surface area contributed by atoms with Gasteiger partial charge in [0.1, 0.15) is 12.1 Å². The number of benzene rings is 1. The van der Waals surface area contributed by atoms with Crippen molar-refractivity contribution < 1.29 is 41.4 Å². The van der Waals surface area contributed by atoms with Crippen LogP contribution in [0.4, 0.5) is 27.6 Å². The van der Waals surface area contributed by atoms with Gasteiger partial charge in [-0.15, -0.1) is 11.3 Å². The molecule has 4 rings (SSSR count). The topological polar surface area (TPSA) is 141 Å². The molecule has 198 valence electrons. The van der Waals surface area contributed by atoms with Crippen molar-refractivity contribution in [2.75, 3.05) is 11.9 Å². The molecular weight excluding hydrogens is 529 g/mol. The highest BCUT2D eigenvalue weighted by Gasteiger charge is 2.38. The number of amides is 1. The van der Waals surface area contributed by atoms with E-state index < -0.39 is 30.0 Å². The number of para-hydroxylation sites is 2. The molecule has 1 amide bonds. The second-order valence-electron chi connectivity index (χ2n) is 7.36. The van der Waals surface area contributed by atoms with Crippen LogP contribution in [0.15, 0.2) is 59.2 Å². The third-order valence-corrected chi connectivity index (χ3v) is 5.90. The molecule has 4 N–H and O–H groups in total. The number of hydrogen-bond donors (Lipinski definition) is 3. The van der Waals surface area contributed by atoms with Gasteiger partial charge in [0, 0.05) is 17.0 Å². The van der Waals surface area contributed by atoms with Gasteiger partial charge in [0.05, 0.1) is 23.7 Å². The number of fused-ring (bicyclic) bond motifs is 1. The van der Waals surface area contributed by atoms with Crippen LogP contribution in [0.25, 0.3) is 0 Å². The van der Waals surface area contributed by atoms with Crippen LogP contribution in [-0.2, 0) is 22.7 Å². The lowest BCUT2D eigenvalue weighted by molar-refractivity contribution is -0.192. The van der Waals surface area contributed by atoms with E-state index in [1.807, 2.05) is 6.07 Å². The molecule has 3 aromatic rings. The van der Waals surface area contributed by atoms with E-state index in [0.717, 1.165) is 9.56 Å². The average Bonchev–Trinajstić information content (AvgIpc) is 3.43. The predicted octanol–water partition coefficient (Wildman–Crippen LogP) is 2.97. The maximum atomic E-state index is 12.8.